The molecule has 4 nitrogen and oxygen atoms in total. The van der Waals surface area contributed by atoms with Crippen molar-refractivity contribution in [3.05, 3.63) is 59.1 Å². The molecule has 0 saturated heterocycles. The molecule has 0 aliphatic heterocycles. The van der Waals surface area contributed by atoms with Crippen LogP contribution in [0.25, 0.3) is 10.6 Å². The van der Waals surface area contributed by atoms with Gasteiger partial charge in [0.2, 0.25) is 0 Å². The van der Waals surface area contributed by atoms with E-state index in [1.54, 1.807) is 5.38 Å². The van der Waals surface area contributed by atoms with E-state index in [1.807, 2.05) is 49.4 Å². The first-order valence-electron chi connectivity index (χ1n) is 7.47. The highest BCUT2D eigenvalue weighted by atomic mass is 32.1. The molecule has 0 fully saturated rings. The Morgan fingerprint density at radius 2 is 2.13 bits per heavy atom. The van der Waals surface area contributed by atoms with Crippen molar-refractivity contribution >= 4 is 17.3 Å². The second-order valence-electron chi connectivity index (χ2n) is 4.99. The van der Waals surface area contributed by atoms with Crippen molar-refractivity contribution in [2.24, 2.45) is 0 Å². The molecule has 0 amide bonds. The maximum absolute atomic E-state index is 12.0. The number of rotatable bonds is 6. The minimum Gasteiger partial charge on any atom is -0.494 e. The predicted octanol–water partition coefficient (Wildman–Crippen LogP) is 4.25. The lowest BCUT2D eigenvalue weighted by molar-refractivity contribution is 0.0537. The molecule has 0 atom stereocenters. The maximum atomic E-state index is 12.0. The summed E-state index contributed by atoms with van der Waals surface area (Å²) in [6.07, 6.45) is 6.96. The molecule has 0 radical (unpaired) electrons. The highest BCUT2D eigenvalue weighted by Crippen LogP contribution is 2.26. The average molecular weight is 327 g/mol. The van der Waals surface area contributed by atoms with Crippen LogP contribution < -0.4 is 4.74 Å². The van der Waals surface area contributed by atoms with Crippen molar-refractivity contribution in [3.63, 3.8) is 0 Å². The van der Waals surface area contributed by atoms with E-state index in [2.05, 4.69) is 4.98 Å². The zero-order chi connectivity index (χ0) is 16.1. The van der Waals surface area contributed by atoms with E-state index in [9.17, 15) is 4.79 Å². The summed E-state index contributed by atoms with van der Waals surface area (Å²) in [7, 11) is 0. The minimum atomic E-state index is -0.389. The number of carbonyl (C=O) groups excluding carboxylic acids is 1. The largest absolute Gasteiger partial charge is 0.494 e. The van der Waals surface area contributed by atoms with Crippen LogP contribution in [-0.4, -0.2) is 24.2 Å². The first kappa shape index (κ1) is 15.5. The van der Waals surface area contributed by atoms with E-state index < -0.39 is 0 Å². The van der Waals surface area contributed by atoms with Crippen molar-refractivity contribution in [3.8, 4) is 16.3 Å². The van der Waals surface area contributed by atoms with Crippen LogP contribution in [0.3, 0.4) is 0 Å². The van der Waals surface area contributed by atoms with Gasteiger partial charge < -0.3 is 9.47 Å². The van der Waals surface area contributed by atoms with Gasteiger partial charge >= 0.3 is 5.97 Å². The van der Waals surface area contributed by atoms with Gasteiger partial charge in [0.05, 0.1) is 6.61 Å². The molecule has 1 aliphatic rings. The SMILES string of the molecule is CCOc1ccc(-c2nc(C(=O)OCC3=CCC=C3)cs2)cc1. The van der Waals surface area contributed by atoms with E-state index in [0.29, 0.717) is 18.9 Å². The number of carbonyl (C=O) groups is 1. The Morgan fingerprint density at radius 1 is 1.30 bits per heavy atom. The Labute approximate surface area is 139 Å². The normalized spacial score (nSPS) is 13.0. The van der Waals surface area contributed by atoms with Crippen molar-refractivity contribution in [1.82, 2.24) is 4.98 Å². The van der Waals surface area contributed by atoms with E-state index in [0.717, 1.165) is 28.3 Å². The second-order valence-corrected chi connectivity index (χ2v) is 5.85. The Hall–Kier alpha value is -2.40. The molecule has 0 N–H and O–H groups in total. The lowest BCUT2D eigenvalue weighted by Gasteiger charge is -2.03. The third-order valence-corrected chi connectivity index (χ3v) is 4.23. The van der Waals surface area contributed by atoms with E-state index in [1.165, 1.54) is 11.3 Å². The third-order valence-electron chi connectivity index (χ3n) is 3.34. The smallest absolute Gasteiger partial charge is 0.358 e. The average Bonchev–Trinajstić information content (AvgIpc) is 3.25. The zero-order valence-corrected chi connectivity index (χ0v) is 13.6. The van der Waals surface area contributed by atoms with Crippen LogP contribution in [0, 0.1) is 0 Å². The van der Waals surface area contributed by atoms with E-state index >= 15 is 0 Å². The number of thiazole rings is 1. The number of ether oxygens (including phenoxy) is 2. The fourth-order valence-corrected chi connectivity index (χ4v) is 2.99. The maximum Gasteiger partial charge on any atom is 0.358 e. The van der Waals surface area contributed by atoms with Crippen LogP contribution in [-0.2, 0) is 4.74 Å². The van der Waals surface area contributed by atoms with Crippen molar-refractivity contribution in [2.45, 2.75) is 13.3 Å². The van der Waals surface area contributed by atoms with Crippen molar-refractivity contribution in [2.75, 3.05) is 13.2 Å². The van der Waals surface area contributed by atoms with Crippen LogP contribution >= 0.6 is 11.3 Å². The molecule has 23 heavy (non-hydrogen) atoms. The molecule has 0 bridgehead atoms. The quantitative estimate of drug-likeness (QED) is 0.744. The molecule has 1 aromatic carbocycles. The van der Waals surface area contributed by atoms with Gasteiger partial charge in [-0.05, 0) is 43.2 Å². The fraction of sp³-hybridized carbons (Fsp3) is 0.222. The molecule has 1 aromatic heterocycles. The lowest BCUT2D eigenvalue weighted by Crippen LogP contribution is -2.07. The molecule has 3 rings (SSSR count). The third kappa shape index (κ3) is 3.87. The number of benzene rings is 1. The monoisotopic (exact) mass is 327 g/mol. The first-order chi connectivity index (χ1) is 11.3. The van der Waals surface area contributed by atoms with Crippen LogP contribution in [0.15, 0.2) is 53.4 Å². The van der Waals surface area contributed by atoms with Crippen LogP contribution in [0.5, 0.6) is 5.75 Å². The molecule has 0 saturated carbocycles. The molecule has 1 heterocycles. The Kier molecular flexibility index (Phi) is 4.88. The van der Waals surface area contributed by atoms with Gasteiger partial charge in [-0.25, -0.2) is 9.78 Å². The van der Waals surface area contributed by atoms with Gasteiger partial charge in [0.15, 0.2) is 5.69 Å². The molecule has 2 aromatic rings. The molecule has 5 heteroatoms. The molecular formula is C18H17NO3S. The zero-order valence-electron chi connectivity index (χ0n) is 12.8. The Balaban J connectivity index is 1.64. The number of hydrogen-bond donors (Lipinski definition) is 0. The predicted molar refractivity (Wildman–Crippen MR) is 90.8 cm³/mol. The summed E-state index contributed by atoms with van der Waals surface area (Å²) in [4.78, 5) is 16.4. The first-order valence-corrected chi connectivity index (χ1v) is 8.35. The molecule has 118 valence electrons. The summed E-state index contributed by atoms with van der Waals surface area (Å²) in [6.45, 7) is 2.88. The topological polar surface area (TPSA) is 48.4 Å². The van der Waals surface area contributed by atoms with Gasteiger partial charge in [-0.15, -0.1) is 11.3 Å². The molecule has 0 unspecified atom stereocenters. The van der Waals surface area contributed by atoms with Crippen molar-refractivity contribution < 1.29 is 14.3 Å². The number of hydrogen-bond acceptors (Lipinski definition) is 5. The summed E-state index contributed by atoms with van der Waals surface area (Å²) in [5.74, 6) is 0.435. The second kappa shape index (κ2) is 7.24. The van der Waals surface area contributed by atoms with Gasteiger partial charge in [0.25, 0.3) is 0 Å². The summed E-state index contributed by atoms with van der Waals surface area (Å²) >= 11 is 1.43. The number of allylic oxidation sites excluding steroid dienone is 2. The van der Waals surface area contributed by atoms with Gasteiger partial charge in [-0.3, -0.25) is 0 Å². The minimum absolute atomic E-state index is 0.297. The van der Waals surface area contributed by atoms with Gasteiger partial charge in [0.1, 0.15) is 17.4 Å². The number of aromatic nitrogens is 1. The number of nitrogens with zero attached hydrogens (tertiary/aromatic N) is 1. The van der Waals surface area contributed by atoms with Crippen LogP contribution in [0.2, 0.25) is 0 Å². The molecular weight excluding hydrogens is 310 g/mol. The molecule has 0 spiro atoms. The fourth-order valence-electron chi connectivity index (χ4n) is 2.20. The highest BCUT2D eigenvalue weighted by Gasteiger charge is 2.14. The Morgan fingerprint density at radius 3 is 2.83 bits per heavy atom. The summed E-state index contributed by atoms with van der Waals surface area (Å²) in [5, 5.41) is 2.52. The summed E-state index contributed by atoms with van der Waals surface area (Å²) < 4.78 is 10.7. The van der Waals surface area contributed by atoms with Crippen LogP contribution in [0.4, 0.5) is 0 Å². The van der Waals surface area contributed by atoms with Gasteiger partial charge in [-0.2, -0.15) is 0 Å². The van der Waals surface area contributed by atoms with E-state index in [4.69, 9.17) is 9.47 Å². The van der Waals surface area contributed by atoms with Crippen molar-refractivity contribution in [1.29, 1.82) is 0 Å². The summed E-state index contributed by atoms with van der Waals surface area (Å²) in [6, 6.07) is 7.68. The van der Waals surface area contributed by atoms with Gasteiger partial charge in [0, 0.05) is 10.9 Å². The summed E-state index contributed by atoms with van der Waals surface area (Å²) in [5.41, 5.74) is 2.33. The molecule has 1 aliphatic carbocycles. The number of esters is 1. The van der Waals surface area contributed by atoms with Crippen LogP contribution in [0.1, 0.15) is 23.8 Å². The highest BCUT2D eigenvalue weighted by molar-refractivity contribution is 7.13. The van der Waals surface area contributed by atoms with Gasteiger partial charge in [-0.1, -0.05) is 18.2 Å². The Bertz CT molecular complexity index is 744. The standard InChI is InChI=1S/C18H17NO3S/c1-2-21-15-9-7-14(8-10-15)17-19-16(12-23-17)18(20)22-11-13-5-3-4-6-13/h3,5-10,12H,2,4,11H2,1H3. The lowest BCUT2D eigenvalue weighted by atomic mass is 10.2. The van der Waals surface area contributed by atoms with E-state index in [-0.39, 0.29) is 5.97 Å².